The minimum Gasteiger partial charge on any atom is -0.480 e. The zero-order valence-electron chi connectivity index (χ0n) is 13.6. The lowest BCUT2D eigenvalue weighted by Gasteiger charge is -2.35. The molecule has 1 fully saturated rings. The highest BCUT2D eigenvalue weighted by Crippen LogP contribution is 2.47. The van der Waals surface area contributed by atoms with Crippen molar-refractivity contribution in [2.75, 3.05) is 5.32 Å². The Morgan fingerprint density at radius 2 is 2.04 bits per heavy atom. The molecule has 26 heavy (non-hydrogen) atoms. The summed E-state index contributed by atoms with van der Waals surface area (Å²) in [6, 6.07) is 11.1. The first-order valence-electron chi connectivity index (χ1n) is 8.04. The van der Waals surface area contributed by atoms with Crippen LogP contribution in [0.2, 0.25) is 0 Å². The Morgan fingerprint density at radius 1 is 1.27 bits per heavy atom. The number of nitrogens with one attached hydrogen (secondary N) is 1. The topological polar surface area (TPSA) is 98.9 Å². The van der Waals surface area contributed by atoms with Gasteiger partial charge in [-0.1, -0.05) is 11.8 Å². The summed E-state index contributed by atoms with van der Waals surface area (Å²) in [5.41, 5.74) is 1.39. The van der Waals surface area contributed by atoms with Crippen LogP contribution in [0.4, 0.5) is 11.5 Å². The Bertz CT molecular complexity index is 1020. The molecular formula is C18H14N4O2S2. The fourth-order valence-electron chi connectivity index (χ4n) is 2.77. The molecule has 1 saturated carbocycles. The van der Waals surface area contributed by atoms with Gasteiger partial charge in [0.15, 0.2) is 5.16 Å². The number of carboxylic acids is 1. The second kappa shape index (κ2) is 6.59. The molecule has 1 aliphatic rings. The summed E-state index contributed by atoms with van der Waals surface area (Å²) in [5, 5.41) is 25.0. The maximum Gasteiger partial charge on any atom is 0.320 e. The van der Waals surface area contributed by atoms with Gasteiger partial charge in [0.05, 0.1) is 17.0 Å². The smallest absolute Gasteiger partial charge is 0.320 e. The molecule has 1 aliphatic carbocycles. The first-order chi connectivity index (χ1) is 12.6. The van der Waals surface area contributed by atoms with Gasteiger partial charge < -0.3 is 10.4 Å². The molecule has 2 N–H and O–H groups in total. The van der Waals surface area contributed by atoms with Crippen molar-refractivity contribution in [3.63, 3.8) is 0 Å². The number of nitriles is 1. The van der Waals surface area contributed by atoms with Crippen LogP contribution in [0.25, 0.3) is 10.2 Å². The Hall–Kier alpha value is -2.63. The number of fused-ring (bicyclic) bond motifs is 1. The van der Waals surface area contributed by atoms with E-state index < -0.39 is 10.7 Å². The minimum atomic E-state index is -0.809. The second-order valence-electron chi connectivity index (χ2n) is 6.06. The van der Waals surface area contributed by atoms with Crippen molar-refractivity contribution in [2.24, 2.45) is 0 Å². The van der Waals surface area contributed by atoms with Gasteiger partial charge in [-0.3, -0.25) is 4.79 Å². The molecule has 0 atom stereocenters. The van der Waals surface area contributed by atoms with Crippen LogP contribution in [0.5, 0.6) is 0 Å². The zero-order valence-corrected chi connectivity index (χ0v) is 15.2. The Labute approximate surface area is 157 Å². The van der Waals surface area contributed by atoms with E-state index in [9.17, 15) is 9.90 Å². The van der Waals surface area contributed by atoms with E-state index in [1.807, 2.05) is 23.6 Å². The molecule has 130 valence electrons. The van der Waals surface area contributed by atoms with Crippen molar-refractivity contribution in [3.8, 4) is 6.07 Å². The van der Waals surface area contributed by atoms with Crippen LogP contribution in [0.1, 0.15) is 24.8 Å². The molecule has 8 heteroatoms. The van der Waals surface area contributed by atoms with Crippen LogP contribution in [0.15, 0.2) is 40.9 Å². The SMILES string of the molecule is N#Cc1ccc(Nc2nc(SC3(C(=O)O)CCC3)nc3sccc23)cc1. The number of aliphatic carboxylic acids is 1. The summed E-state index contributed by atoms with van der Waals surface area (Å²) in [7, 11) is 0. The summed E-state index contributed by atoms with van der Waals surface area (Å²) < 4.78 is -0.809. The fraction of sp³-hybridized carbons (Fsp3) is 0.222. The van der Waals surface area contributed by atoms with Crippen LogP contribution >= 0.6 is 23.1 Å². The molecule has 0 saturated heterocycles. The summed E-state index contributed by atoms with van der Waals surface area (Å²) in [6.07, 6.45) is 2.19. The number of carbonyl (C=O) groups is 1. The molecular weight excluding hydrogens is 368 g/mol. The number of hydrogen-bond donors (Lipinski definition) is 2. The number of rotatable bonds is 5. The van der Waals surface area contributed by atoms with E-state index in [-0.39, 0.29) is 0 Å². The number of carboxylic acid groups (broad SMARTS) is 1. The molecule has 3 aromatic rings. The molecule has 2 heterocycles. The molecule has 0 unspecified atom stereocenters. The van der Waals surface area contributed by atoms with Crippen molar-refractivity contribution >= 4 is 50.8 Å². The zero-order chi connectivity index (χ0) is 18.1. The summed E-state index contributed by atoms with van der Waals surface area (Å²) in [4.78, 5) is 21.6. The summed E-state index contributed by atoms with van der Waals surface area (Å²) in [6.45, 7) is 0. The third-order valence-electron chi connectivity index (χ3n) is 4.42. The monoisotopic (exact) mass is 382 g/mol. The quantitative estimate of drug-likeness (QED) is 0.631. The number of anilines is 2. The molecule has 0 radical (unpaired) electrons. The Morgan fingerprint density at radius 3 is 2.65 bits per heavy atom. The van der Waals surface area contributed by atoms with Crippen molar-refractivity contribution in [3.05, 3.63) is 41.3 Å². The number of benzene rings is 1. The third kappa shape index (κ3) is 3.00. The molecule has 1 aromatic carbocycles. The van der Waals surface area contributed by atoms with Gasteiger partial charge in [0, 0.05) is 5.69 Å². The lowest BCUT2D eigenvalue weighted by Crippen LogP contribution is -2.42. The van der Waals surface area contributed by atoms with Crippen LogP contribution in [0, 0.1) is 11.3 Å². The van der Waals surface area contributed by atoms with Gasteiger partial charge in [0.1, 0.15) is 15.4 Å². The molecule has 2 aromatic heterocycles. The molecule has 4 rings (SSSR count). The first kappa shape index (κ1) is 16.8. The number of thioether (sulfide) groups is 1. The molecule has 0 amide bonds. The summed E-state index contributed by atoms with van der Waals surface area (Å²) in [5.74, 6) is -0.159. The average molecular weight is 382 g/mol. The van der Waals surface area contributed by atoms with E-state index in [4.69, 9.17) is 5.26 Å². The van der Waals surface area contributed by atoms with E-state index in [1.165, 1.54) is 23.1 Å². The van der Waals surface area contributed by atoms with Crippen molar-refractivity contribution in [2.45, 2.75) is 29.2 Å². The van der Waals surface area contributed by atoms with Gasteiger partial charge >= 0.3 is 5.97 Å². The average Bonchev–Trinajstić information content (AvgIpc) is 3.07. The maximum atomic E-state index is 11.6. The highest BCUT2D eigenvalue weighted by atomic mass is 32.2. The lowest BCUT2D eigenvalue weighted by molar-refractivity contribution is -0.142. The van der Waals surface area contributed by atoms with Crippen LogP contribution in [0.3, 0.4) is 0 Å². The van der Waals surface area contributed by atoms with Gasteiger partial charge in [-0.05, 0) is 55.0 Å². The predicted octanol–water partition coefficient (Wildman–Crippen LogP) is 4.41. The molecule has 0 aliphatic heterocycles. The predicted molar refractivity (Wildman–Crippen MR) is 102 cm³/mol. The van der Waals surface area contributed by atoms with Crippen LogP contribution < -0.4 is 5.32 Å². The maximum absolute atomic E-state index is 11.6. The second-order valence-corrected chi connectivity index (χ2v) is 8.31. The van der Waals surface area contributed by atoms with E-state index in [0.717, 1.165) is 22.3 Å². The summed E-state index contributed by atoms with van der Waals surface area (Å²) >= 11 is 2.73. The van der Waals surface area contributed by atoms with Gasteiger partial charge in [-0.15, -0.1) is 11.3 Å². The highest BCUT2D eigenvalue weighted by Gasteiger charge is 2.46. The fourth-order valence-corrected chi connectivity index (χ4v) is 4.80. The molecule has 0 bridgehead atoms. The van der Waals surface area contributed by atoms with Crippen LogP contribution in [-0.4, -0.2) is 25.8 Å². The molecule has 6 nitrogen and oxygen atoms in total. The third-order valence-corrected chi connectivity index (χ3v) is 6.56. The highest BCUT2D eigenvalue weighted by molar-refractivity contribution is 8.01. The largest absolute Gasteiger partial charge is 0.480 e. The molecule has 0 spiro atoms. The minimum absolute atomic E-state index is 0.471. The number of hydrogen-bond acceptors (Lipinski definition) is 7. The van der Waals surface area contributed by atoms with Gasteiger partial charge in [-0.2, -0.15) is 5.26 Å². The van der Waals surface area contributed by atoms with E-state index in [2.05, 4.69) is 21.4 Å². The number of thiophene rings is 1. The lowest BCUT2D eigenvalue weighted by atomic mass is 9.84. The van der Waals surface area contributed by atoms with Gasteiger partial charge in [0.2, 0.25) is 0 Å². The van der Waals surface area contributed by atoms with Gasteiger partial charge in [0.25, 0.3) is 0 Å². The van der Waals surface area contributed by atoms with E-state index >= 15 is 0 Å². The normalized spacial score (nSPS) is 15.2. The van der Waals surface area contributed by atoms with E-state index in [1.54, 1.807) is 12.1 Å². The standard InChI is InChI=1S/C18H14N4O2S2/c19-10-11-2-4-12(5-3-11)20-14-13-6-9-25-15(13)22-17(21-14)26-18(16(23)24)7-1-8-18/h2-6,9H,1,7-8H2,(H,23,24)(H,20,21,22). The Balaban J connectivity index is 1.68. The van der Waals surface area contributed by atoms with Crippen molar-refractivity contribution in [1.29, 1.82) is 5.26 Å². The number of aromatic nitrogens is 2. The van der Waals surface area contributed by atoms with Gasteiger partial charge in [-0.25, -0.2) is 9.97 Å². The van der Waals surface area contributed by atoms with Crippen LogP contribution in [-0.2, 0) is 4.79 Å². The van der Waals surface area contributed by atoms with E-state index in [0.29, 0.717) is 29.4 Å². The Kier molecular flexibility index (Phi) is 4.26. The first-order valence-corrected chi connectivity index (χ1v) is 9.74. The number of nitrogens with zero attached hydrogens (tertiary/aromatic N) is 3. The van der Waals surface area contributed by atoms with Crippen molar-refractivity contribution in [1.82, 2.24) is 9.97 Å². The van der Waals surface area contributed by atoms with Crippen molar-refractivity contribution < 1.29 is 9.90 Å².